The largest absolute Gasteiger partial charge is 0.327 e. The van der Waals surface area contributed by atoms with Gasteiger partial charge in [0, 0.05) is 18.3 Å². The third kappa shape index (κ3) is 2.44. The van der Waals surface area contributed by atoms with E-state index in [4.69, 9.17) is 28.9 Å². The molecular weight excluding hydrogens is 197 g/mol. The van der Waals surface area contributed by atoms with E-state index in [-0.39, 0.29) is 5.28 Å². The normalized spacial score (nSPS) is 10.9. The Hall–Kier alpha value is -0.640. The minimum Gasteiger partial charge on any atom is -0.327 e. The molecule has 0 fully saturated rings. The van der Waals surface area contributed by atoms with Gasteiger partial charge in [0.1, 0.15) is 5.15 Å². The number of hydrogen-bond acceptors (Lipinski definition) is 3. The highest BCUT2D eigenvalue weighted by Gasteiger charge is 1.98. The smallest absolute Gasteiger partial charge is 0.223 e. The first-order valence-electron chi connectivity index (χ1n) is 3.28. The van der Waals surface area contributed by atoms with Gasteiger partial charge in [0.15, 0.2) is 0 Å². The van der Waals surface area contributed by atoms with Gasteiger partial charge in [-0.3, -0.25) is 0 Å². The fraction of sp³-hybridized carbons (Fsp3) is 0.143. The number of aromatic nitrogens is 2. The Bertz CT molecular complexity index is 299. The highest BCUT2D eigenvalue weighted by Crippen LogP contribution is 2.14. The zero-order valence-corrected chi connectivity index (χ0v) is 7.68. The molecule has 1 aromatic rings. The monoisotopic (exact) mass is 203 g/mol. The summed E-state index contributed by atoms with van der Waals surface area (Å²) in [7, 11) is 0. The Kier molecular flexibility index (Phi) is 3.47. The van der Waals surface area contributed by atoms with Crippen LogP contribution < -0.4 is 5.73 Å². The molecule has 0 atom stereocenters. The Balaban J connectivity index is 2.94. The van der Waals surface area contributed by atoms with Crippen LogP contribution in [0.25, 0.3) is 6.08 Å². The van der Waals surface area contributed by atoms with Gasteiger partial charge in [-0.05, 0) is 11.6 Å². The van der Waals surface area contributed by atoms with Crippen molar-refractivity contribution < 1.29 is 0 Å². The molecule has 0 aliphatic rings. The minimum atomic E-state index is 0.143. The molecule has 1 heterocycles. The van der Waals surface area contributed by atoms with Gasteiger partial charge in [0.25, 0.3) is 0 Å². The molecule has 0 bridgehead atoms. The molecule has 2 N–H and O–H groups in total. The third-order valence-electron chi connectivity index (χ3n) is 1.17. The van der Waals surface area contributed by atoms with Gasteiger partial charge >= 0.3 is 0 Å². The Morgan fingerprint density at radius 2 is 2.25 bits per heavy atom. The number of nitrogens with zero attached hydrogens (tertiary/aromatic N) is 2. The SMILES string of the molecule is NCC=Cc1cnc(Cl)nc1Cl. The standard InChI is InChI=1S/C7H7Cl2N3/c8-6-5(2-1-3-10)4-11-7(9)12-6/h1-2,4H,3,10H2. The molecule has 1 aromatic heterocycles. The van der Waals surface area contributed by atoms with E-state index < -0.39 is 0 Å². The molecule has 0 unspecified atom stereocenters. The maximum atomic E-state index is 5.74. The average molecular weight is 204 g/mol. The lowest BCUT2D eigenvalue weighted by atomic mass is 10.3. The van der Waals surface area contributed by atoms with Crippen LogP contribution in [0.4, 0.5) is 0 Å². The first kappa shape index (κ1) is 9.45. The Labute approximate surface area is 80.2 Å². The molecule has 0 saturated heterocycles. The molecule has 0 saturated carbocycles. The number of hydrogen-bond donors (Lipinski definition) is 1. The van der Waals surface area contributed by atoms with E-state index >= 15 is 0 Å². The number of rotatable bonds is 2. The molecule has 0 aromatic carbocycles. The van der Waals surface area contributed by atoms with Gasteiger partial charge in [-0.2, -0.15) is 0 Å². The van der Waals surface area contributed by atoms with Crippen molar-refractivity contribution in [2.24, 2.45) is 5.73 Å². The van der Waals surface area contributed by atoms with Gasteiger partial charge in [-0.15, -0.1) is 0 Å². The molecule has 0 spiro atoms. The highest BCUT2D eigenvalue weighted by molar-refractivity contribution is 6.32. The van der Waals surface area contributed by atoms with E-state index in [9.17, 15) is 0 Å². The summed E-state index contributed by atoms with van der Waals surface area (Å²) < 4.78 is 0. The summed E-state index contributed by atoms with van der Waals surface area (Å²) in [5, 5.41) is 0.476. The van der Waals surface area contributed by atoms with Crippen LogP contribution >= 0.6 is 23.2 Å². The first-order valence-corrected chi connectivity index (χ1v) is 4.04. The second kappa shape index (κ2) is 4.40. The van der Waals surface area contributed by atoms with Crippen LogP contribution in [0.15, 0.2) is 12.3 Å². The summed E-state index contributed by atoms with van der Waals surface area (Å²) in [5.74, 6) is 0. The highest BCUT2D eigenvalue weighted by atomic mass is 35.5. The van der Waals surface area contributed by atoms with E-state index in [0.717, 1.165) is 0 Å². The first-order chi connectivity index (χ1) is 5.74. The molecule has 0 aliphatic carbocycles. The maximum Gasteiger partial charge on any atom is 0.223 e. The van der Waals surface area contributed by atoms with Crippen molar-refractivity contribution in [3.05, 3.63) is 28.3 Å². The second-order valence-corrected chi connectivity index (χ2v) is 2.72. The molecule has 64 valence electrons. The van der Waals surface area contributed by atoms with Crippen molar-refractivity contribution in [3.8, 4) is 0 Å². The molecule has 1 rings (SSSR count). The van der Waals surface area contributed by atoms with E-state index in [1.54, 1.807) is 18.3 Å². The molecule has 5 heteroatoms. The fourth-order valence-corrected chi connectivity index (χ4v) is 1.03. The summed E-state index contributed by atoms with van der Waals surface area (Å²) >= 11 is 11.2. The fourth-order valence-electron chi connectivity index (χ4n) is 0.657. The zero-order valence-electron chi connectivity index (χ0n) is 6.17. The van der Waals surface area contributed by atoms with Crippen LogP contribution in [0.5, 0.6) is 0 Å². The molecule has 0 radical (unpaired) electrons. The van der Waals surface area contributed by atoms with Crippen molar-refractivity contribution in [1.29, 1.82) is 0 Å². The van der Waals surface area contributed by atoms with Crippen molar-refractivity contribution in [2.45, 2.75) is 0 Å². The summed E-state index contributed by atoms with van der Waals surface area (Å²) in [4.78, 5) is 7.52. The molecule has 0 amide bonds. The van der Waals surface area contributed by atoms with E-state index in [0.29, 0.717) is 17.3 Å². The van der Waals surface area contributed by atoms with Gasteiger partial charge in [0.2, 0.25) is 5.28 Å². The topological polar surface area (TPSA) is 51.8 Å². The van der Waals surface area contributed by atoms with Crippen LogP contribution in [0.2, 0.25) is 10.4 Å². The minimum absolute atomic E-state index is 0.143. The molecule has 12 heavy (non-hydrogen) atoms. The summed E-state index contributed by atoms with van der Waals surface area (Å²) in [5.41, 5.74) is 5.97. The van der Waals surface area contributed by atoms with Crippen molar-refractivity contribution in [1.82, 2.24) is 9.97 Å². The van der Waals surface area contributed by atoms with E-state index in [1.807, 2.05) is 0 Å². The second-order valence-electron chi connectivity index (χ2n) is 2.02. The lowest BCUT2D eigenvalue weighted by molar-refractivity contribution is 1.16. The van der Waals surface area contributed by atoms with E-state index in [2.05, 4.69) is 9.97 Å². The lowest BCUT2D eigenvalue weighted by Gasteiger charge is -1.95. The Morgan fingerprint density at radius 1 is 1.50 bits per heavy atom. The predicted molar refractivity (Wildman–Crippen MR) is 50.1 cm³/mol. The van der Waals surface area contributed by atoms with Gasteiger partial charge < -0.3 is 5.73 Å². The zero-order chi connectivity index (χ0) is 8.97. The average Bonchev–Trinajstić information content (AvgIpc) is 2.03. The summed E-state index contributed by atoms with van der Waals surface area (Å²) in [6.07, 6.45) is 5.06. The van der Waals surface area contributed by atoms with Crippen LogP contribution in [-0.4, -0.2) is 16.5 Å². The van der Waals surface area contributed by atoms with E-state index in [1.165, 1.54) is 0 Å². The van der Waals surface area contributed by atoms with Crippen LogP contribution in [-0.2, 0) is 0 Å². The quantitative estimate of drug-likeness (QED) is 0.589. The van der Waals surface area contributed by atoms with Crippen LogP contribution in [0, 0.1) is 0 Å². The molecule has 3 nitrogen and oxygen atoms in total. The lowest BCUT2D eigenvalue weighted by Crippen LogP contribution is -1.92. The predicted octanol–water partition coefficient (Wildman–Crippen LogP) is 1.76. The molecule has 0 aliphatic heterocycles. The number of halogens is 2. The molecular formula is C7H7Cl2N3. The number of nitrogens with two attached hydrogens (primary N) is 1. The summed E-state index contributed by atoms with van der Waals surface area (Å²) in [6.45, 7) is 0.457. The van der Waals surface area contributed by atoms with Crippen LogP contribution in [0.3, 0.4) is 0 Å². The van der Waals surface area contributed by atoms with Crippen molar-refractivity contribution in [3.63, 3.8) is 0 Å². The Morgan fingerprint density at radius 3 is 2.83 bits per heavy atom. The summed E-state index contributed by atoms with van der Waals surface area (Å²) in [6, 6.07) is 0. The maximum absolute atomic E-state index is 5.74. The van der Waals surface area contributed by atoms with Gasteiger partial charge in [0.05, 0.1) is 0 Å². The third-order valence-corrected chi connectivity index (χ3v) is 1.66. The van der Waals surface area contributed by atoms with Crippen molar-refractivity contribution >= 4 is 29.3 Å². The van der Waals surface area contributed by atoms with Gasteiger partial charge in [-0.1, -0.05) is 23.8 Å². The van der Waals surface area contributed by atoms with Crippen molar-refractivity contribution in [2.75, 3.05) is 6.54 Å². The van der Waals surface area contributed by atoms with Crippen LogP contribution in [0.1, 0.15) is 5.56 Å². The van der Waals surface area contributed by atoms with Gasteiger partial charge in [-0.25, -0.2) is 9.97 Å².